The Kier molecular flexibility index (Phi) is 2.87. The Labute approximate surface area is 114 Å². The highest BCUT2D eigenvalue weighted by Crippen LogP contribution is 2.31. The van der Waals surface area contributed by atoms with Gasteiger partial charge in [0.05, 0.1) is 12.7 Å². The number of aromatic amines is 1. The summed E-state index contributed by atoms with van der Waals surface area (Å²) in [5.74, 6) is 0.654. The first-order valence-corrected chi connectivity index (χ1v) is 6.84. The van der Waals surface area contributed by atoms with E-state index in [4.69, 9.17) is 4.74 Å². The van der Waals surface area contributed by atoms with Gasteiger partial charge in [-0.3, -0.25) is 4.79 Å². The summed E-state index contributed by atoms with van der Waals surface area (Å²) in [5.41, 5.74) is 2.61. The second-order valence-electron chi connectivity index (χ2n) is 4.32. The maximum absolute atomic E-state index is 12.7. The van der Waals surface area contributed by atoms with Crippen LogP contribution in [0.4, 0.5) is 0 Å². The molecule has 0 saturated carbocycles. The van der Waals surface area contributed by atoms with Gasteiger partial charge in [0.1, 0.15) is 10.6 Å². The van der Waals surface area contributed by atoms with E-state index in [2.05, 4.69) is 4.98 Å². The fourth-order valence-corrected chi connectivity index (χ4v) is 3.11. The van der Waals surface area contributed by atoms with Crippen LogP contribution in [0.1, 0.15) is 20.9 Å². The lowest BCUT2D eigenvalue weighted by Crippen LogP contribution is -2.02. The SMILES string of the molecule is COc1ccsc1C(=O)c1c(C)[nH]c2ccccc12. The Bertz CT molecular complexity index is 754. The third kappa shape index (κ3) is 1.85. The van der Waals surface area contributed by atoms with Crippen molar-refractivity contribution >= 4 is 28.0 Å². The lowest BCUT2D eigenvalue weighted by molar-refractivity contribution is 0.104. The highest BCUT2D eigenvalue weighted by Gasteiger charge is 2.21. The second kappa shape index (κ2) is 4.55. The zero-order chi connectivity index (χ0) is 13.4. The average Bonchev–Trinajstić information content (AvgIpc) is 3.00. The summed E-state index contributed by atoms with van der Waals surface area (Å²) >= 11 is 1.41. The molecule has 3 aromatic rings. The van der Waals surface area contributed by atoms with Crippen molar-refractivity contribution < 1.29 is 9.53 Å². The number of H-pyrrole nitrogens is 1. The molecule has 1 aromatic carbocycles. The Balaban J connectivity index is 2.19. The van der Waals surface area contributed by atoms with Crippen LogP contribution in [0.5, 0.6) is 5.75 Å². The minimum atomic E-state index is 0.0156. The molecular formula is C15H13NO2S. The molecule has 2 heterocycles. The molecule has 0 atom stereocenters. The van der Waals surface area contributed by atoms with Gasteiger partial charge in [-0.2, -0.15) is 0 Å². The number of aryl methyl sites for hydroxylation is 1. The molecule has 0 spiro atoms. The Hall–Kier alpha value is -2.07. The molecular weight excluding hydrogens is 258 g/mol. The van der Waals surface area contributed by atoms with Crippen LogP contribution in [-0.4, -0.2) is 17.9 Å². The Morgan fingerprint density at radius 2 is 2.05 bits per heavy atom. The summed E-state index contributed by atoms with van der Waals surface area (Å²) in [4.78, 5) is 16.6. The maximum Gasteiger partial charge on any atom is 0.209 e. The number of thiophene rings is 1. The van der Waals surface area contributed by atoms with Crippen LogP contribution in [0.2, 0.25) is 0 Å². The minimum Gasteiger partial charge on any atom is -0.495 e. The number of hydrogen-bond acceptors (Lipinski definition) is 3. The normalized spacial score (nSPS) is 10.8. The van der Waals surface area contributed by atoms with E-state index in [1.54, 1.807) is 7.11 Å². The number of benzene rings is 1. The first-order valence-electron chi connectivity index (χ1n) is 5.96. The van der Waals surface area contributed by atoms with Crippen molar-refractivity contribution in [2.45, 2.75) is 6.92 Å². The Morgan fingerprint density at radius 1 is 1.26 bits per heavy atom. The van der Waals surface area contributed by atoms with Crippen LogP contribution in [0, 0.1) is 6.92 Å². The van der Waals surface area contributed by atoms with Crippen LogP contribution in [-0.2, 0) is 0 Å². The number of carbonyl (C=O) groups excluding carboxylic acids is 1. The highest BCUT2D eigenvalue weighted by atomic mass is 32.1. The molecule has 3 rings (SSSR count). The zero-order valence-corrected chi connectivity index (χ0v) is 11.5. The predicted octanol–water partition coefficient (Wildman–Crippen LogP) is 3.78. The highest BCUT2D eigenvalue weighted by molar-refractivity contribution is 7.12. The van der Waals surface area contributed by atoms with Crippen LogP contribution in [0.15, 0.2) is 35.7 Å². The lowest BCUT2D eigenvalue weighted by atomic mass is 10.1. The number of fused-ring (bicyclic) bond motifs is 1. The largest absolute Gasteiger partial charge is 0.495 e. The lowest BCUT2D eigenvalue weighted by Gasteiger charge is -2.02. The maximum atomic E-state index is 12.7. The number of rotatable bonds is 3. The van der Waals surface area contributed by atoms with Gasteiger partial charge in [-0.25, -0.2) is 0 Å². The van der Waals surface area contributed by atoms with Crippen LogP contribution >= 0.6 is 11.3 Å². The first kappa shape index (κ1) is 12.0. The third-order valence-electron chi connectivity index (χ3n) is 3.18. The van der Waals surface area contributed by atoms with Gasteiger partial charge in [-0.1, -0.05) is 18.2 Å². The van der Waals surface area contributed by atoms with E-state index in [-0.39, 0.29) is 5.78 Å². The molecule has 3 nitrogen and oxygen atoms in total. The summed E-state index contributed by atoms with van der Waals surface area (Å²) < 4.78 is 5.24. The number of para-hydroxylation sites is 1. The average molecular weight is 271 g/mol. The predicted molar refractivity (Wildman–Crippen MR) is 77.3 cm³/mol. The number of methoxy groups -OCH3 is 1. The molecule has 4 heteroatoms. The van der Waals surface area contributed by atoms with Gasteiger partial charge < -0.3 is 9.72 Å². The quantitative estimate of drug-likeness (QED) is 0.737. The van der Waals surface area contributed by atoms with Crippen molar-refractivity contribution in [1.82, 2.24) is 4.98 Å². The van der Waals surface area contributed by atoms with Gasteiger partial charge >= 0.3 is 0 Å². The molecule has 0 bridgehead atoms. The molecule has 0 amide bonds. The van der Waals surface area contributed by atoms with Crippen LogP contribution in [0.25, 0.3) is 10.9 Å². The van der Waals surface area contributed by atoms with E-state index >= 15 is 0 Å². The molecule has 1 N–H and O–H groups in total. The summed E-state index contributed by atoms with van der Waals surface area (Å²) in [7, 11) is 1.58. The van der Waals surface area contributed by atoms with E-state index in [0.717, 1.165) is 22.2 Å². The summed E-state index contributed by atoms with van der Waals surface area (Å²) in [5, 5.41) is 2.83. The van der Waals surface area contributed by atoms with Gasteiger partial charge in [-0.05, 0) is 24.4 Å². The summed E-state index contributed by atoms with van der Waals surface area (Å²) in [6, 6.07) is 9.66. The Morgan fingerprint density at radius 3 is 2.84 bits per heavy atom. The number of ketones is 1. The molecule has 0 fully saturated rings. The molecule has 2 aromatic heterocycles. The van der Waals surface area contributed by atoms with Crippen molar-refractivity contribution in [2.75, 3.05) is 7.11 Å². The van der Waals surface area contributed by atoms with Crippen molar-refractivity contribution in [2.24, 2.45) is 0 Å². The number of carbonyl (C=O) groups is 1. The first-order chi connectivity index (χ1) is 9.22. The topological polar surface area (TPSA) is 42.1 Å². The molecule has 0 saturated heterocycles. The molecule has 96 valence electrons. The molecule has 0 radical (unpaired) electrons. The van der Waals surface area contributed by atoms with E-state index in [0.29, 0.717) is 10.6 Å². The molecule has 0 aliphatic rings. The van der Waals surface area contributed by atoms with Crippen molar-refractivity contribution in [3.8, 4) is 5.75 Å². The molecule has 0 unspecified atom stereocenters. The van der Waals surface area contributed by atoms with Gasteiger partial charge in [-0.15, -0.1) is 11.3 Å². The molecule has 19 heavy (non-hydrogen) atoms. The number of hydrogen-bond donors (Lipinski definition) is 1. The third-order valence-corrected chi connectivity index (χ3v) is 4.07. The van der Waals surface area contributed by atoms with Crippen LogP contribution in [0.3, 0.4) is 0 Å². The second-order valence-corrected chi connectivity index (χ2v) is 5.23. The van der Waals surface area contributed by atoms with E-state index in [1.807, 2.05) is 42.6 Å². The summed E-state index contributed by atoms with van der Waals surface area (Å²) in [6.45, 7) is 1.92. The van der Waals surface area contributed by atoms with Gasteiger partial charge in [0.15, 0.2) is 0 Å². The van der Waals surface area contributed by atoms with E-state index in [1.165, 1.54) is 11.3 Å². The van der Waals surface area contributed by atoms with E-state index < -0.39 is 0 Å². The van der Waals surface area contributed by atoms with E-state index in [9.17, 15) is 4.79 Å². The van der Waals surface area contributed by atoms with Crippen molar-refractivity contribution in [3.63, 3.8) is 0 Å². The summed E-state index contributed by atoms with van der Waals surface area (Å²) in [6.07, 6.45) is 0. The molecule has 0 aliphatic carbocycles. The number of nitrogens with one attached hydrogen (secondary N) is 1. The fraction of sp³-hybridized carbons (Fsp3) is 0.133. The van der Waals surface area contributed by atoms with Gasteiger partial charge in [0.2, 0.25) is 5.78 Å². The number of ether oxygens (including phenoxy) is 1. The number of aromatic nitrogens is 1. The van der Waals surface area contributed by atoms with Gasteiger partial charge in [0, 0.05) is 16.6 Å². The van der Waals surface area contributed by atoms with Crippen molar-refractivity contribution in [3.05, 3.63) is 51.8 Å². The molecule has 0 aliphatic heterocycles. The van der Waals surface area contributed by atoms with Gasteiger partial charge in [0.25, 0.3) is 0 Å². The smallest absolute Gasteiger partial charge is 0.209 e. The van der Waals surface area contributed by atoms with Crippen molar-refractivity contribution in [1.29, 1.82) is 0 Å². The monoisotopic (exact) mass is 271 g/mol. The van der Waals surface area contributed by atoms with Crippen LogP contribution < -0.4 is 4.74 Å². The fourth-order valence-electron chi connectivity index (χ4n) is 2.31. The standard InChI is InChI=1S/C15H13NO2S/c1-9-13(10-5-3-4-6-11(10)16-9)14(17)15-12(18-2)7-8-19-15/h3-8,16H,1-2H3. The minimum absolute atomic E-state index is 0.0156. The zero-order valence-electron chi connectivity index (χ0n) is 10.7.